The van der Waals surface area contributed by atoms with Crippen molar-refractivity contribution in [3.63, 3.8) is 0 Å². The smallest absolute Gasteiger partial charge is 0.130 e. The van der Waals surface area contributed by atoms with E-state index in [1.807, 2.05) is 36.4 Å². The molecule has 0 radical (unpaired) electrons. The van der Waals surface area contributed by atoms with Gasteiger partial charge < -0.3 is 0 Å². The van der Waals surface area contributed by atoms with Crippen LogP contribution in [0.5, 0.6) is 0 Å². The van der Waals surface area contributed by atoms with E-state index in [-0.39, 0.29) is 0 Å². The Labute approximate surface area is 76.7 Å². The Morgan fingerprint density at radius 2 is 2.00 bits per heavy atom. The first-order valence-corrected chi connectivity index (χ1v) is 4.23. The summed E-state index contributed by atoms with van der Waals surface area (Å²) in [5.41, 5.74) is 0. The first kappa shape index (κ1) is 7.92. The van der Waals surface area contributed by atoms with Crippen molar-refractivity contribution >= 4 is 12.3 Å². The van der Waals surface area contributed by atoms with E-state index in [2.05, 4.69) is 16.1 Å². The molecule has 1 aliphatic rings. The van der Waals surface area contributed by atoms with E-state index in [0.717, 1.165) is 10.6 Å². The van der Waals surface area contributed by atoms with Crippen LogP contribution in [0, 0.1) is 0 Å². The van der Waals surface area contributed by atoms with Crippen LogP contribution in [0.2, 0.25) is 0 Å². The Bertz CT molecular complexity index is 455. The zero-order valence-electron chi connectivity index (χ0n) is 7.22. The van der Waals surface area contributed by atoms with Crippen LogP contribution >= 0.6 is 0 Å². The van der Waals surface area contributed by atoms with Crippen molar-refractivity contribution in [3.8, 4) is 0 Å². The van der Waals surface area contributed by atoms with E-state index in [9.17, 15) is 0 Å². The largest absolute Gasteiger partial charge is 0.270 e. The van der Waals surface area contributed by atoms with Gasteiger partial charge in [-0.3, -0.25) is 9.98 Å². The molecule has 2 nitrogen and oxygen atoms in total. The van der Waals surface area contributed by atoms with Crippen LogP contribution in [-0.2, 0) is 0 Å². The van der Waals surface area contributed by atoms with Gasteiger partial charge in [0.1, 0.15) is 6.67 Å². The van der Waals surface area contributed by atoms with Crippen molar-refractivity contribution in [3.05, 3.63) is 47.0 Å². The summed E-state index contributed by atoms with van der Waals surface area (Å²) in [5, 5.41) is 2.15. The molecule has 1 aromatic rings. The van der Waals surface area contributed by atoms with Crippen LogP contribution in [0.1, 0.15) is 0 Å². The average molecular weight is 170 g/mol. The fraction of sp³-hybridized carbons (Fsp3) is 0.0909. The van der Waals surface area contributed by atoms with Gasteiger partial charge in [-0.2, -0.15) is 0 Å². The number of hydrogen-bond acceptors (Lipinski definition) is 2. The molecule has 2 rings (SSSR count). The van der Waals surface area contributed by atoms with Crippen molar-refractivity contribution in [2.45, 2.75) is 0 Å². The first-order chi connectivity index (χ1) is 6.47. The van der Waals surface area contributed by atoms with Crippen LogP contribution in [0.3, 0.4) is 0 Å². The van der Waals surface area contributed by atoms with Crippen LogP contribution in [-0.4, -0.2) is 12.9 Å². The predicted octanol–water partition coefficient (Wildman–Crippen LogP) is 0.685. The lowest BCUT2D eigenvalue weighted by atomic mass is 10.2. The Hall–Kier alpha value is -1.70. The molecule has 2 heteroatoms. The van der Waals surface area contributed by atoms with Gasteiger partial charge in [-0.15, -0.1) is 0 Å². The van der Waals surface area contributed by atoms with Crippen molar-refractivity contribution in [1.82, 2.24) is 0 Å². The molecule has 0 amide bonds. The summed E-state index contributed by atoms with van der Waals surface area (Å²) in [4.78, 5) is 8.43. The molecule has 64 valence electrons. The monoisotopic (exact) mass is 170 g/mol. The van der Waals surface area contributed by atoms with Gasteiger partial charge >= 0.3 is 0 Å². The summed E-state index contributed by atoms with van der Waals surface area (Å²) in [6, 6.07) is 8.05. The third-order valence-corrected chi connectivity index (χ3v) is 1.84. The number of benzene rings is 1. The van der Waals surface area contributed by atoms with E-state index >= 15 is 0 Å². The van der Waals surface area contributed by atoms with Crippen LogP contribution in [0.15, 0.2) is 46.4 Å². The normalized spacial score (nSPS) is 14.5. The maximum absolute atomic E-state index is 4.34. The first-order valence-electron chi connectivity index (χ1n) is 4.23. The minimum absolute atomic E-state index is 0.509. The molecule has 0 bridgehead atoms. The Morgan fingerprint density at radius 1 is 1.08 bits per heavy atom. The molecule has 0 spiro atoms. The molecule has 0 atom stereocenters. The SMILES string of the molecule is C1=CC=c2ccccc2=NCN=C1. The second-order valence-corrected chi connectivity index (χ2v) is 2.74. The minimum Gasteiger partial charge on any atom is -0.270 e. The highest BCUT2D eigenvalue weighted by Gasteiger charge is 1.84. The molecular weight excluding hydrogens is 160 g/mol. The molecule has 0 N–H and O–H groups in total. The summed E-state index contributed by atoms with van der Waals surface area (Å²) in [6.07, 6.45) is 7.70. The van der Waals surface area contributed by atoms with Gasteiger partial charge in [0.25, 0.3) is 0 Å². The number of aliphatic imine (C=N–C) groups is 1. The molecule has 0 fully saturated rings. The molecule has 1 aliphatic heterocycles. The number of nitrogens with zero attached hydrogens (tertiary/aromatic N) is 2. The number of rotatable bonds is 0. The maximum Gasteiger partial charge on any atom is 0.130 e. The second-order valence-electron chi connectivity index (χ2n) is 2.74. The van der Waals surface area contributed by atoms with Crippen LogP contribution in [0.4, 0.5) is 0 Å². The van der Waals surface area contributed by atoms with Gasteiger partial charge in [0.15, 0.2) is 0 Å². The van der Waals surface area contributed by atoms with E-state index in [4.69, 9.17) is 0 Å². The summed E-state index contributed by atoms with van der Waals surface area (Å²) >= 11 is 0. The summed E-state index contributed by atoms with van der Waals surface area (Å²) in [5.74, 6) is 0. The van der Waals surface area contributed by atoms with Gasteiger partial charge in [0, 0.05) is 6.21 Å². The topological polar surface area (TPSA) is 24.7 Å². The summed E-state index contributed by atoms with van der Waals surface area (Å²) in [6.45, 7) is 0.509. The van der Waals surface area contributed by atoms with Gasteiger partial charge in [0.2, 0.25) is 0 Å². The highest BCUT2D eigenvalue weighted by Crippen LogP contribution is 1.79. The molecular formula is C11H10N2. The van der Waals surface area contributed by atoms with Gasteiger partial charge in [0.05, 0.1) is 5.36 Å². The van der Waals surface area contributed by atoms with E-state index < -0.39 is 0 Å². The number of para-hydroxylation sites is 1. The van der Waals surface area contributed by atoms with Crippen molar-refractivity contribution in [2.75, 3.05) is 6.67 Å². The van der Waals surface area contributed by atoms with Crippen molar-refractivity contribution in [1.29, 1.82) is 0 Å². The fourth-order valence-electron chi connectivity index (χ4n) is 1.21. The molecule has 0 saturated heterocycles. The third kappa shape index (κ3) is 1.90. The van der Waals surface area contributed by atoms with E-state index in [0.29, 0.717) is 6.67 Å². The molecule has 1 aromatic carbocycles. The third-order valence-electron chi connectivity index (χ3n) is 1.84. The number of allylic oxidation sites excluding steroid dienone is 2. The molecule has 13 heavy (non-hydrogen) atoms. The summed E-state index contributed by atoms with van der Waals surface area (Å²) < 4.78 is 0. The molecule has 0 aliphatic carbocycles. The van der Waals surface area contributed by atoms with E-state index in [1.54, 1.807) is 6.21 Å². The molecule has 0 unspecified atom stereocenters. The van der Waals surface area contributed by atoms with E-state index in [1.165, 1.54) is 0 Å². The number of hydrogen-bond donors (Lipinski definition) is 0. The zero-order valence-corrected chi connectivity index (χ0v) is 7.22. The standard InChI is InChI=1S/C11H10N2/c1-2-7-11-10(5-1)6-3-4-8-12-9-13-11/h1-8H,9H2. The summed E-state index contributed by atoms with van der Waals surface area (Å²) in [7, 11) is 0. The predicted molar refractivity (Wildman–Crippen MR) is 54.2 cm³/mol. The van der Waals surface area contributed by atoms with Crippen molar-refractivity contribution in [2.24, 2.45) is 9.98 Å². The highest BCUT2D eigenvalue weighted by molar-refractivity contribution is 5.73. The fourth-order valence-corrected chi connectivity index (χ4v) is 1.21. The minimum atomic E-state index is 0.509. The lowest BCUT2D eigenvalue weighted by Gasteiger charge is -1.87. The Morgan fingerprint density at radius 3 is 3.00 bits per heavy atom. The van der Waals surface area contributed by atoms with Crippen LogP contribution in [0.25, 0.3) is 6.08 Å². The highest BCUT2D eigenvalue weighted by atomic mass is 14.9. The molecule has 0 aromatic heterocycles. The average Bonchev–Trinajstić information content (AvgIpc) is 2.28. The Kier molecular flexibility index (Phi) is 2.32. The number of fused-ring (bicyclic) bond motifs is 1. The zero-order chi connectivity index (χ0) is 8.93. The lowest BCUT2D eigenvalue weighted by molar-refractivity contribution is 1.01. The molecule has 0 saturated carbocycles. The van der Waals surface area contributed by atoms with Crippen LogP contribution < -0.4 is 10.6 Å². The molecule has 1 heterocycles. The maximum atomic E-state index is 4.34. The lowest BCUT2D eigenvalue weighted by Crippen LogP contribution is -2.23. The second kappa shape index (κ2) is 3.81. The van der Waals surface area contributed by atoms with Gasteiger partial charge in [-0.1, -0.05) is 30.4 Å². The Balaban J connectivity index is 2.67. The van der Waals surface area contributed by atoms with Gasteiger partial charge in [-0.25, -0.2) is 0 Å². The van der Waals surface area contributed by atoms with Crippen molar-refractivity contribution < 1.29 is 0 Å². The quantitative estimate of drug-likeness (QED) is 0.547. The van der Waals surface area contributed by atoms with Gasteiger partial charge in [-0.05, 0) is 17.4 Å².